The molecule has 0 amide bonds. The quantitative estimate of drug-likeness (QED) is 0.497. The van der Waals surface area contributed by atoms with E-state index in [1.54, 1.807) is 0 Å². The second kappa shape index (κ2) is 3.40. The fourth-order valence-corrected chi connectivity index (χ4v) is 2.72. The normalized spacial score (nSPS) is 15.8. The van der Waals surface area contributed by atoms with E-state index in [0.717, 1.165) is 29.2 Å². The molecule has 0 fully saturated rings. The Morgan fingerprint density at radius 3 is 2.92 bits per heavy atom. The van der Waals surface area contributed by atoms with Crippen LogP contribution in [0.1, 0.15) is 11.3 Å². The van der Waals surface area contributed by atoms with Gasteiger partial charge in [0, 0.05) is 11.3 Å². The fraction of sp³-hybridized carbons (Fsp3) is 0.429. The molecule has 0 aliphatic carbocycles. The predicted octanol–water partition coefficient (Wildman–Crippen LogP) is 2.57. The first-order valence-corrected chi connectivity index (χ1v) is 5.47. The third-order valence-corrected chi connectivity index (χ3v) is 3.21. The van der Waals surface area contributed by atoms with Gasteiger partial charge in [-0.25, -0.2) is 9.97 Å². The molecule has 0 unspecified atom stereocenters. The highest BCUT2D eigenvalue weighted by Crippen LogP contribution is 2.28. The van der Waals surface area contributed by atoms with Crippen LogP contribution in [0, 0.1) is 0 Å². The summed E-state index contributed by atoms with van der Waals surface area (Å²) in [6.07, 6.45) is 0.946. The second-order valence-electron chi connectivity index (χ2n) is 2.51. The van der Waals surface area contributed by atoms with Crippen molar-refractivity contribution in [2.24, 2.45) is 0 Å². The van der Waals surface area contributed by atoms with Gasteiger partial charge in [0.05, 0.1) is 5.69 Å². The number of aryl methyl sites for hydroxylation is 1. The minimum Gasteiger partial charge on any atom is -0.223 e. The van der Waals surface area contributed by atoms with Crippen molar-refractivity contribution in [2.45, 2.75) is 12.2 Å². The van der Waals surface area contributed by atoms with E-state index in [0.29, 0.717) is 5.15 Å². The molecular formula is C7H6Cl2N2S. The molecule has 1 aliphatic heterocycles. The maximum absolute atomic E-state index is 5.90. The molecule has 0 saturated heterocycles. The molecule has 0 N–H and O–H groups in total. The van der Waals surface area contributed by atoms with Crippen molar-refractivity contribution in [1.29, 1.82) is 0 Å². The summed E-state index contributed by atoms with van der Waals surface area (Å²) in [4.78, 5) is 8.02. The number of fused-ring (bicyclic) bond motifs is 1. The van der Waals surface area contributed by atoms with Crippen LogP contribution in [-0.4, -0.2) is 15.7 Å². The molecule has 2 nitrogen and oxygen atoms in total. The Bertz CT molecular complexity index is 317. The molecule has 1 aliphatic rings. The molecular weight excluding hydrogens is 215 g/mol. The number of hydrogen-bond donors (Lipinski definition) is 0. The Balaban J connectivity index is 2.53. The third kappa shape index (κ3) is 1.53. The van der Waals surface area contributed by atoms with Crippen LogP contribution < -0.4 is 0 Å². The van der Waals surface area contributed by atoms with E-state index in [4.69, 9.17) is 23.2 Å². The number of aromatic nitrogens is 2. The topological polar surface area (TPSA) is 25.8 Å². The smallest absolute Gasteiger partial charge is 0.223 e. The largest absolute Gasteiger partial charge is 0.224 e. The molecule has 0 saturated carbocycles. The van der Waals surface area contributed by atoms with Crippen LogP contribution in [0.5, 0.6) is 0 Å². The van der Waals surface area contributed by atoms with E-state index in [1.807, 2.05) is 11.8 Å². The van der Waals surface area contributed by atoms with Crippen molar-refractivity contribution in [3.63, 3.8) is 0 Å². The lowest BCUT2D eigenvalue weighted by atomic mass is 10.2. The van der Waals surface area contributed by atoms with Gasteiger partial charge in [0.15, 0.2) is 0 Å². The van der Waals surface area contributed by atoms with Crippen LogP contribution >= 0.6 is 35.0 Å². The monoisotopic (exact) mass is 220 g/mol. The summed E-state index contributed by atoms with van der Waals surface area (Å²) in [7, 11) is 0. The molecule has 1 aromatic heterocycles. The van der Waals surface area contributed by atoms with Crippen molar-refractivity contribution in [3.8, 4) is 0 Å². The average molecular weight is 221 g/mol. The molecule has 2 heterocycles. The van der Waals surface area contributed by atoms with Crippen LogP contribution in [0.3, 0.4) is 0 Å². The lowest BCUT2D eigenvalue weighted by Crippen LogP contribution is -2.07. The van der Waals surface area contributed by atoms with Gasteiger partial charge in [-0.1, -0.05) is 11.6 Å². The molecule has 0 atom stereocenters. The summed E-state index contributed by atoms with van der Waals surface area (Å²) >= 11 is 13.4. The molecule has 5 heteroatoms. The lowest BCUT2D eigenvalue weighted by molar-refractivity contribution is 0.955. The van der Waals surface area contributed by atoms with E-state index in [1.165, 1.54) is 0 Å². The minimum atomic E-state index is 0.255. The first kappa shape index (κ1) is 8.60. The van der Waals surface area contributed by atoms with E-state index in [9.17, 15) is 0 Å². The molecule has 1 aromatic rings. The summed E-state index contributed by atoms with van der Waals surface area (Å²) in [6, 6.07) is 0. The van der Waals surface area contributed by atoms with Gasteiger partial charge in [-0.3, -0.25) is 0 Å². The Morgan fingerprint density at radius 1 is 1.25 bits per heavy atom. The number of thioether (sulfide) groups is 1. The van der Waals surface area contributed by atoms with Crippen LogP contribution in [0.25, 0.3) is 0 Å². The van der Waals surface area contributed by atoms with Crippen molar-refractivity contribution in [3.05, 3.63) is 21.7 Å². The fourth-order valence-electron chi connectivity index (χ4n) is 1.16. The molecule has 64 valence electrons. The van der Waals surface area contributed by atoms with Gasteiger partial charge in [0.2, 0.25) is 5.28 Å². The summed E-state index contributed by atoms with van der Waals surface area (Å²) in [5, 5.41) is 0.767. The van der Waals surface area contributed by atoms with Gasteiger partial charge in [0.1, 0.15) is 5.15 Å². The van der Waals surface area contributed by atoms with Gasteiger partial charge in [-0.05, 0) is 23.8 Å². The number of halogens is 2. The lowest BCUT2D eigenvalue weighted by Gasteiger charge is -2.14. The molecule has 0 aromatic carbocycles. The number of nitrogens with zero attached hydrogens (tertiary/aromatic N) is 2. The molecule has 12 heavy (non-hydrogen) atoms. The van der Waals surface area contributed by atoms with Gasteiger partial charge in [-0.15, -0.1) is 0 Å². The van der Waals surface area contributed by atoms with Gasteiger partial charge < -0.3 is 0 Å². The van der Waals surface area contributed by atoms with Crippen LogP contribution in [0.2, 0.25) is 10.4 Å². The highest BCUT2D eigenvalue weighted by atomic mass is 35.5. The zero-order chi connectivity index (χ0) is 8.55. The standard InChI is InChI=1S/C7H6Cl2N2S/c8-6-4-3-12-2-1-5(4)10-7(9)11-6/h1-3H2. The van der Waals surface area contributed by atoms with Crippen LogP contribution in [-0.2, 0) is 12.2 Å². The highest BCUT2D eigenvalue weighted by Gasteiger charge is 2.15. The van der Waals surface area contributed by atoms with Crippen LogP contribution in [0.4, 0.5) is 0 Å². The van der Waals surface area contributed by atoms with E-state index in [-0.39, 0.29) is 5.28 Å². The summed E-state index contributed by atoms with van der Waals surface area (Å²) in [5.41, 5.74) is 2.07. The number of hydrogen-bond acceptors (Lipinski definition) is 3. The van der Waals surface area contributed by atoms with Gasteiger partial charge >= 0.3 is 0 Å². The van der Waals surface area contributed by atoms with Crippen molar-refractivity contribution in [1.82, 2.24) is 9.97 Å². The molecule has 0 radical (unpaired) electrons. The van der Waals surface area contributed by atoms with E-state index >= 15 is 0 Å². The van der Waals surface area contributed by atoms with Gasteiger partial charge in [-0.2, -0.15) is 11.8 Å². The summed E-state index contributed by atoms with van der Waals surface area (Å²) < 4.78 is 0. The zero-order valence-corrected chi connectivity index (χ0v) is 8.51. The van der Waals surface area contributed by atoms with E-state index < -0.39 is 0 Å². The second-order valence-corrected chi connectivity index (χ2v) is 4.31. The average Bonchev–Trinajstić information content (AvgIpc) is 2.04. The van der Waals surface area contributed by atoms with Gasteiger partial charge in [0.25, 0.3) is 0 Å². The maximum atomic E-state index is 5.90. The summed E-state index contributed by atoms with van der Waals surface area (Å²) in [6.45, 7) is 0. The minimum absolute atomic E-state index is 0.255. The predicted molar refractivity (Wildman–Crippen MR) is 51.9 cm³/mol. The maximum Gasteiger partial charge on any atom is 0.224 e. The SMILES string of the molecule is Clc1nc(Cl)c2c(n1)CCSC2. The highest BCUT2D eigenvalue weighted by molar-refractivity contribution is 7.98. The first-order chi connectivity index (χ1) is 5.77. The van der Waals surface area contributed by atoms with Crippen molar-refractivity contribution in [2.75, 3.05) is 5.75 Å². The zero-order valence-electron chi connectivity index (χ0n) is 6.18. The number of rotatable bonds is 0. The Morgan fingerprint density at radius 2 is 2.08 bits per heavy atom. The third-order valence-electron chi connectivity index (χ3n) is 1.74. The van der Waals surface area contributed by atoms with Crippen LogP contribution in [0.15, 0.2) is 0 Å². The Kier molecular flexibility index (Phi) is 2.44. The molecule has 2 rings (SSSR count). The molecule has 0 spiro atoms. The van der Waals surface area contributed by atoms with E-state index in [2.05, 4.69) is 9.97 Å². The first-order valence-electron chi connectivity index (χ1n) is 3.56. The Hall–Kier alpha value is 0.01000. The molecule has 0 bridgehead atoms. The van der Waals surface area contributed by atoms with Crippen molar-refractivity contribution >= 4 is 35.0 Å². The summed E-state index contributed by atoms with van der Waals surface area (Å²) in [5.74, 6) is 2.00. The Labute approximate surface area is 84.7 Å². The van der Waals surface area contributed by atoms with Crippen molar-refractivity contribution < 1.29 is 0 Å².